The van der Waals surface area contributed by atoms with E-state index < -0.39 is 0 Å². The largest absolute Gasteiger partial charge is 0.240 e. The Labute approximate surface area is 101 Å². The third-order valence-electron chi connectivity index (χ3n) is 1.86. The second-order valence-electron chi connectivity index (χ2n) is 2.92. The third-order valence-corrected chi connectivity index (χ3v) is 4.00. The van der Waals surface area contributed by atoms with Crippen molar-refractivity contribution < 1.29 is 0 Å². The Bertz CT molecular complexity index is 428. The van der Waals surface area contributed by atoms with E-state index in [1.165, 1.54) is 0 Å². The standard InChI is InChI=1S/C10H8BrNS2/c1-6-10(13)14-9(12-6)7-2-4-8(11)5-3-7/h2-5,13H,1H3. The van der Waals surface area contributed by atoms with E-state index >= 15 is 0 Å². The minimum Gasteiger partial charge on any atom is -0.240 e. The Morgan fingerprint density at radius 3 is 2.43 bits per heavy atom. The van der Waals surface area contributed by atoms with Gasteiger partial charge in [0.1, 0.15) is 5.01 Å². The van der Waals surface area contributed by atoms with Crippen LogP contribution in [0.1, 0.15) is 5.69 Å². The van der Waals surface area contributed by atoms with Gasteiger partial charge in [-0.25, -0.2) is 4.98 Å². The van der Waals surface area contributed by atoms with Gasteiger partial charge in [0, 0.05) is 10.0 Å². The zero-order valence-electron chi connectivity index (χ0n) is 7.49. The van der Waals surface area contributed by atoms with Crippen LogP contribution < -0.4 is 0 Å². The maximum atomic E-state index is 4.44. The minimum atomic E-state index is 0.989. The van der Waals surface area contributed by atoms with Crippen LogP contribution in [0.2, 0.25) is 0 Å². The maximum Gasteiger partial charge on any atom is 0.124 e. The molecule has 2 aromatic rings. The molecule has 0 saturated heterocycles. The van der Waals surface area contributed by atoms with Gasteiger partial charge in [0.15, 0.2) is 0 Å². The summed E-state index contributed by atoms with van der Waals surface area (Å²) >= 11 is 9.35. The van der Waals surface area contributed by atoms with Crippen LogP contribution in [-0.2, 0) is 0 Å². The summed E-state index contributed by atoms with van der Waals surface area (Å²) in [5.41, 5.74) is 2.14. The molecule has 0 amide bonds. The molecular formula is C10H8BrNS2. The van der Waals surface area contributed by atoms with Crippen LogP contribution in [0.5, 0.6) is 0 Å². The highest BCUT2D eigenvalue weighted by molar-refractivity contribution is 9.10. The molecule has 0 radical (unpaired) electrons. The number of aryl methyl sites for hydroxylation is 1. The van der Waals surface area contributed by atoms with Gasteiger partial charge in [-0.3, -0.25) is 0 Å². The molecule has 1 heterocycles. The van der Waals surface area contributed by atoms with Crippen molar-refractivity contribution in [1.29, 1.82) is 0 Å². The van der Waals surface area contributed by atoms with E-state index in [9.17, 15) is 0 Å². The van der Waals surface area contributed by atoms with E-state index in [0.717, 1.165) is 24.9 Å². The van der Waals surface area contributed by atoms with Gasteiger partial charge in [0.2, 0.25) is 0 Å². The third kappa shape index (κ3) is 2.02. The number of rotatable bonds is 1. The number of thiol groups is 1. The number of nitrogens with zero attached hydrogens (tertiary/aromatic N) is 1. The van der Waals surface area contributed by atoms with Crippen LogP contribution >= 0.6 is 39.9 Å². The highest BCUT2D eigenvalue weighted by Crippen LogP contribution is 2.30. The molecule has 4 heteroatoms. The maximum absolute atomic E-state index is 4.44. The molecule has 2 rings (SSSR count). The summed E-state index contributed by atoms with van der Waals surface area (Å²) in [7, 11) is 0. The van der Waals surface area contributed by atoms with Gasteiger partial charge in [-0.05, 0) is 19.1 Å². The van der Waals surface area contributed by atoms with Crippen molar-refractivity contribution in [2.75, 3.05) is 0 Å². The summed E-state index contributed by atoms with van der Waals surface area (Å²) in [6.45, 7) is 1.97. The fourth-order valence-corrected chi connectivity index (χ4v) is 2.49. The molecule has 1 aromatic heterocycles. The fraction of sp³-hybridized carbons (Fsp3) is 0.100. The molecule has 0 atom stereocenters. The Morgan fingerprint density at radius 2 is 1.93 bits per heavy atom. The van der Waals surface area contributed by atoms with Gasteiger partial charge in [0.05, 0.1) is 9.90 Å². The molecule has 0 unspecified atom stereocenters. The van der Waals surface area contributed by atoms with Gasteiger partial charge in [0.25, 0.3) is 0 Å². The van der Waals surface area contributed by atoms with E-state index in [4.69, 9.17) is 0 Å². The second kappa shape index (κ2) is 4.04. The molecule has 0 aliphatic rings. The zero-order valence-corrected chi connectivity index (χ0v) is 10.8. The number of hydrogen-bond acceptors (Lipinski definition) is 3. The topological polar surface area (TPSA) is 12.9 Å². The van der Waals surface area contributed by atoms with Crippen molar-refractivity contribution in [2.24, 2.45) is 0 Å². The summed E-state index contributed by atoms with van der Waals surface area (Å²) < 4.78 is 2.07. The van der Waals surface area contributed by atoms with Crippen LogP contribution in [0.4, 0.5) is 0 Å². The van der Waals surface area contributed by atoms with Crippen molar-refractivity contribution >= 4 is 39.9 Å². The SMILES string of the molecule is Cc1nc(-c2ccc(Br)cc2)sc1S. The number of halogens is 1. The lowest BCUT2D eigenvalue weighted by Gasteiger charge is -1.95. The lowest BCUT2D eigenvalue weighted by atomic mass is 10.2. The molecule has 14 heavy (non-hydrogen) atoms. The van der Waals surface area contributed by atoms with Gasteiger partial charge in [-0.1, -0.05) is 28.1 Å². The first-order chi connectivity index (χ1) is 6.66. The molecule has 0 spiro atoms. The first-order valence-electron chi connectivity index (χ1n) is 4.09. The first-order valence-corrected chi connectivity index (χ1v) is 6.15. The molecule has 0 saturated carbocycles. The molecule has 1 aromatic carbocycles. The van der Waals surface area contributed by atoms with Crippen LogP contribution in [0, 0.1) is 6.92 Å². The summed E-state index contributed by atoms with van der Waals surface area (Å²) in [4.78, 5) is 4.44. The van der Waals surface area contributed by atoms with Crippen LogP contribution in [0.25, 0.3) is 10.6 Å². The summed E-state index contributed by atoms with van der Waals surface area (Å²) in [5, 5.41) is 1.03. The molecule has 72 valence electrons. The van der Waals surface area contributed by atoms with E-state index in [-0.39, 0.29) is 0 Å². The Kier molecular flexibility index (Phi) is 2.95. The average molecular weight is 286 g/mol. The smallest absolute Gasteiger partial charge is 0.124 e. The molecule has 0 aliphatic carbocycles. The van der Waals surface area contributed by atoms with E-state index in [1.807, 2.05) is 19.1 Å². The predicted octanol–water partition coefficient (Wildman–Crippen LogP) is 4.17. The first kappa shape index (κ1) is 10.2. The zero-order chi connectivity index (χ0) is 10.1. The predicted molar refractivity (Wildman–Crippen MR) is 67.2 cm³/mol. The Balaban J connectivity index is 2.44. The number of aromatic nitrogens is 1. The molecule has 0 aliphatic heterocycles. The number of thiazole rings is 1. The van der Waals surface area contributed by atoms with Crippen molar-refractivity contribution in [3.63, 3.8) is 0 Å². The van der Waals surface area contributed by atoms with Gasteiger partial charge in [-0.2, -0.15) is 0 Å². The minimum absolute atomic E-state index is 0.989. The van der Waals surface area contributed by atoms with Gasteiger partial charge >= 0.3 is 0 Å². The number of hydrogen-bond donors (Lipinski definition) is 1. The number of benzene rings is 1. The normalized spacial score (nSPS) is 10.5. The fourth-order valence-electron chi connectivity index (χ4n) is 1.10. The molecule has 0 N–H and O–H groups in total. The quantitative estimate of drug-likeness (QED) is 0.776. The summed E-state index contributed by atoms with van der Waals surface area (Å²) in [6.07, 6.45) is 0. The van der Waals surface area contributed by atoms with Crippen molar-refractivity contribution in [3.8, 4) is 10.6 Å². The van der Waals surface area contributed by atoms with E-state index in [0.29, 0.717) is 0 Å². The van der Waals surface area contributed by atoms with Gasteiger partial charge < -0.3 is 0 Å². The van der Waals surface area contributed by atoms with Crippen molar-refractivity contribution in [3.05, 3.63) is 34.4 Å². The molecule has 0 bridgehead atoms. The molecular weight excluding hydrogens is 278 g/mol. The highest BCUT2D eigenvalue weighted by Gasteiger charge is 2.05. The van der Waals surface area contributed by atoms with Crippen molar-refractivity contribution in [1.82, 2.24) is 4.98 Å². The lowest BCUT2D eigenvalue weighted by Crippen LogP contribution is -1.76. The monoisotopic (exact) mass is 285 g/mol. The average Bonchev–Trinajstić information content (AvgIpc) is 2.48. The Hall–Kier alpha value is -0.320. The Morgan fingerprint density at radius 1 is 1.29 bits per heavy atom. The molecule has 1 nitrogen and oxygen atoms in total. The van der Waals surface area contributed by atoms with Crippen LogP contribution in [-0.4, -0.2) is 4.98 Å². The van der Waals surface area contributed by atoms with Crippen LogP contribution in [0.15, 0.2) is 32.9 Å². The lowest BCUT2D eigenvalue weighted by molar-refractivity contribution is 1.21. The van der Waals surface area contributed by atoms with Crippen LogP contribution in [0.3, 0.4) is 0 Å². The molecule has 0 fully saturated rings. The summed E-state index contributed by atoms with van der Waals surface area (Å²) in [6, 6.07) is 8.14. The van der Waals surface area contributed by atoms with Gasteiger partial charge in [-0.15, -0.1) is 24.0 Å². The van der Waals surface area contributed by atoms with E-state index in [2.05, 4.69) is 45.7 Å². The highest BCUT2D eigenvalue weighted by atomic mass is 79.9. The van der Waals surface area contributed by atoms with Crippen molar-refractivity contribution in [2.45, 2.75) is 11.1 Å². The second-order valence-corrected chi connectivity index (χ2v) is 5.58. The van der Waals surface area contributed by atoms with E-state index in [1.54, 1.807) is 11.3 Å². The summed E-state index contributed by atoms with van der Waals surface area (Å²) in [5.74, 6) is 0.